The van der Waals surface area contributed by atoms with Crippen molar-refractivity contribution in [2.24, 2.45) is 0 Å². The number of hydrogen-bond acceptors (Lipinski definition) is 6. The third kappa shape index (κ3) is 3.53. The van der Waals surface area contributed by atoms with Crippen molar-refractivity contribution < 1.29 is 5.11 Å². The van der Waals surface area contributed by atoms with E-state index in [1.54, 1.807) is 17.5 Å². The Morgan fingerprint density at radius 1 is 1.20 bits per heavy atom. The Hall–Kier alpha value is -1.22. The largest absolute Gasteiger partial charge is 0.505 e. The van der Waals surface area contributed by atoms with Gasteiger partial charge in [0.05, 0.1) is 4.47 Å². The molecule has 130 valence electrons. The van der Waals surface area contributed by atoms with Crippen LogP contribution in [-0.2, 0) is 6.54 Å². The monoisotopic (exact) mass is 482 g/mol. The molecule has 1 fully saturated rings. The van der Waals surface area contributed by atoms with Gasteiger partial charge in [-0.25, -0.2) is 4.98 Å². The zero-order chi connectivity index (χ0) is 17.4. The van der Waals surface area contributed by atoms with Crippen LogP contribution in [0, 0.1) is 0 Å². The lowest BCUT2D eigenvalue weighted by atomic mass is 10.1. The maximum absolute atomic E-state index is 10.2. The summed E-state index contributed by atoms with van der Waals surface area (Å²) in [6.07, 6.45) is 1.71. The van der Waals surface area contributed by atoms with E-state index >= 15 is 0 Å². The SMILES string of the molecule is Oc1c(Br)cc(CN2CCN(c3nc(Br)cs3)CC2)c2cccnc12. The number of piperazine rings is 1. The van der Waals surface area contributed by atoms with Gasteiger partial charge in [0, 0.05) is 49.7 Å². The summed E-state index contributed by atoms with van der Waals surface area (Å²) in [6.45, 7) is 4.75. The second kappa shape index (κ2) is 7.19. The Balaban J connectivity index is 1.50. The lowest BCUT2D eigenvalue weighted by Crippen LogP contribution is -2.45. The Morgan fingerprint density at radius 3 is 2.72 bits per heavy atom. The van der Waals surface area contributed by atoms with Crippen molar-refractivity contribution in [3.8, 4) is 5.75 Å². The van der Waals surface area contributed by atoms with Crippen LogP contribution in [0.3, 0.4) is 0 Å². The molecule has 3 heterocycles. The van der Waals surface area contributed by atoms with Crippen molar-refractivity contribution >= 4 is 59.2 Å². The molecule has 1 N–H and O–H groups in total. The number of hydrogen-bond donors (Lipinski definition) is 1. The molecule has 1 aromatic carbocycles. The van der Waals surface area contributed by atoms with Gasteiger partial charge < -0.3 is 10.0 Å². The lowest BCUT2D eigenvalue weighted by Gasteiger charge is -2.34. The van der Waals surface area contributed by atoms with Gasteiger partial charge in [-0.2, -0.15) is 0 Å². The topological polar surface area (TPSA) is 52.5 Å². The molecular formula is C17H16Br2N4OS. The molecule has 4 rings (SSSR count). The number of aromatic nitrogens is 2. The molecular weight excluding hydrogens is 468 g/mol. The molecule has 5 nitrogen and oxygen atoms in total. The standard InChI is InChI=1S/C17H16Br2N4OS/c18-13-8-11(12-2-1-3-20-15(12)16(13)24)9-22-4-6-23(7-5-22)17-21-14(19)10-25-17/h1-3,8,10,24H,4-7,9H2. The van der Waals surface area contributed by atoms with Gasteiger partial charge in [-0.3, -0.25) is 9.88 Å². The minimum atomic E-state index is 0.207. The summed E-state index contributed by atoms with van der Waals surface area (Å²) in [4.78, 5) is 13.6. The first-order chi connectivity index (χ1) is 12.1. The number of pyridine rings is 1. The molecule has 0 radical (unpaired) electrons. The van der Waals surface area contributed by atoms with Crippen molar-refractivity contribution in [1.29, 1.82) is 0 Å². The summed E-state index contributed by atoms with van der Waals surface area (Å²) >= 11 is 8.54. The third-order valence-corrected chi connectivity index (χ3v) is 6.62. The summed E-state index contributed by atoms with van der Waals surface area (Å²) in [5.41, 5.74) is 1.83. The minimum absolute atomic E-state index is 0.207. The third-order valence-electron chi connectivity index (χ3n) is 4.41. The normalized spacial score (nSPS) is 15.8. The van der Waals surface area contributed by atoms with Crippen molar-refractivity contribution in [3.63, 3.8) is 0 Å². The summed E-state index contributed by atoms with van der Waals surface area (Å²) in [5, 5.41) is 14.3. The summed E-state index contributed by atoms with van der Waals surface area (Å²) < 4.78 is 1.60. The fourth-order valence-electron chi connectivity index (χ4n) is 3.12. The first-order valence-electron chi connectivity index (χ1n) is 7.95. The van der Waals surface area contributed by atoms with Crippen LogP contribution in [0.25, 0.3) is 10.9 Å². The van der Waals surface area contributed by atoms with Crippen LogP contribution in [0.5, 0.6) is 5.75 Å². The van der Waals surface area contributed by atoms with Crippen LogP contribution < -0.4 is 4.90 Å². The second-order valence-corrected chi connectivity index (χ2v) is 8.49. The molecule has 0 atom stereocenters. The van der Waals surface area contributed by atoms with Crippen molar-refractivity contribution in [1.82, 2.24) is 14.9 Å². The summed E-state index contributed by atoms with van der Waals surface area (Å²) in [7, 11) is 0. The highest BCUT2D eigenvalue weighted by atomic mass is 79.9. The summed E-state index contributed by atoms with van der Waals surface area (Å²) in [6, 6.07) is 5.94. The van der Waals surface area contributed by atoms with E-state index in [4.69, 9.17) is 0 Å². The van der Waals surface area contributed by atoms with Crippen LogP contribution in [0.4, 0.5) is 5.13 Å². The number of nitrogens with zero attached hydrogens (tertiary/aromatic N) is 4. The molecule has 0 saturated carbocycles. The minimum Gasteiger partial charge on any atom is -0.505 e. The van der Waals surface area contributed by atoms with Gasteiger partial charge in [0.25, 0.3) is 0 Å². The molecule has 0 unspecified atom stereocenters. The lowest BCUT2D eigenvalue weighted by molar-refractivity contribution is 0.250. The number of benzene rings is 1. The van der Waals surface area contributed by atoms with Crippen molar-refractivity contribution in [2.45, 2.75) is 6.54 Å². The first kappa shape index (κ1) is 17.2. The molecule has 1 saturated heterocycles. The number of aromatic hydroxyl groups is 1. The molecule has 0 aliphatic carbocycles. The molecule has 3 aromatic rings. The van der Waals surface area contributed by atoms with Crippen LogP contribution in [-0.4, -0.2) is 46.2 Å². The van der Waals surface area contributed by atoms with E-state index in [0.717, 1.165) is 47.8 Å². The number of rotatable bonds is 3. The van der Waals surface area contributed by atoms with E-state index < -0.39 is 0 Å². The van der Waals surface area contributed by atoms with E-state index in [9.17, 15) is 5.11 Å². The number of halogens is 2. The van der Waals surface area contributed by atoms with Gasteiger partial charge in [0.1, 0.15) is 10.1 Å². The van der Waals surface area contributed by atoms with Gasteiger partial charge in [0.15, 0.2) is 10.9 Å². The Kier molecular flexibility index (Phi) is 4.95. The van der Waals surface area contributed by atoms with Crippen LogP contribution in [0.2, 0.25) is 0 Å². The van der Waals surface area contributed by atoms with E-state index in [1.807, 2.05) is 23.6 Å². The fourth-order valence-corrected chi connectivity index (χ4v) is 4.89. The molecule has 2 aromatic heterocycles. The molecule has 0 bridgehead atoms. The highest BCUT2D eigenvalue weighted by Gasteiger charge is 2.20. The van der Waals surface area contributed by atoms with Gasteiger partial charge >= 0.3 is 0 Å². The average Bonchev–Trinajstić information content (AvgIpc) is 3.06. The van der Waals surface area contributed by atoms with Crippen LogP contribution >= 0.6 is 43.2 Å². The maximum atomic E-state index is 10.2. The van der Waals surface area contributed by atoms with E-state index in [1.165, 1.54) is 5.56 Å². The highest BCUT2D eigenvalue weighted by Crippen LogP contribution is 2.34. The van der Waals surface area contributed by atoms with E-state index in [2.05, 4.69) is 51.6 Å². The molecule has 1 aliphatic heterocycles. The Labute approximate surface area is 166 Å². The second-order valence-electron chi connectivity index (χ2n) is 5.98. The number of anilines is 1. The molecule has 0 spiro atoms. The predicted octanol–water partition coefficient (Wildman–Crippen LogP) is 4.24. The number of fused-ring (bicyclic) bond motifs is 1. The Morgan fingerprint density at radius 2 is 2.00 bits per heavy atom. The van der Waals surface area contributed by atoms with Gasteiger partial charge in [-0.15, -0.1) is 11.3 Å². The highest BCUT2D eigenvalue weighted by molar-refractivity contribution is 9.10. The smallest absolute Gasteiger partial charge is 0.186 e. The molecule has 0 amide bonds. The fraction of sp³-hybridized carbons (Fsp3) is 0.294. The van der Waals surface area contributed by atoms with Gasteiger partial charge in [-0.1, -0.05) is 6.07 Å². The quantitative estimate of drug-likeness (QED) is 0.603. The molecule has 1 aliphatic rings. The van der Waals surface area contributed by atoms with E-state index in [0.29, 0.717) is 9.99 Å². The number of thiazole rings is 1. The van der Waals surface area contributed by atoms with Crippen LogP contribution in [0.1, 0.15) is 5.56 Å². The predicted molar refractivity (Wildman–Crippen MR) is 108 cm³/mol. The average molecular weight is 484 g/mol. The van der Waals surface area contributed by atoms with Crippen LogP contribution in [0.15, 0.2) is 38.9 Å². The maximum Gasteiger partial charge on any atom is 0.186 e. The zero-order valence-corrected chi connectivity index (χ0v) is 17.3. The number of phenols is 1. The Bertz CT molecular complexity index is 909. The van der Waals surface area contributed by atoms with Gasteiger partial charge in [-0.05, 0) is 49.6 Å². The first-order valence-corrected chi connectivity index (χ1v) is 10.4. The zero-order valence-electron chi connectivity index (χ0n) is 13.3. The molecule has 8 heteroatoms. The van der Waals surface area contributed by atoms with Crippen molar-refractivity contribution in [2.75, 3.05) is 31.1 Å². The van der Waals surface area contributed by atoms with Crippen molar-refractivity contribution in [3.05, 3.63) is 44.4 Å². The number of phenolic OH excluding ortho intramolecular Hbond substituents is 1. The van der Waals surface area contributed by atoms with E-state index in [-0.39, 0.29) is 5.75 Å². The van der Waals surface area contributed by atoms with Gasteiger partial charge in [0.2, 0.25) is 0 Å². The summed E-state index contributed by atoms with van der Waals surface area (Å²) in [5.74, 6) is 0.207. The molecule has 25 heavy (non-hydrogen) atoms.